The van der Waals surface area contributed by atoms with Crippen LogP contribution in [-0.2, 0) is 43.8 Å². The smallest absolute Gasteiger partial charge is 0.741 e. The molecule has 0 atom stereocenters. The first-order chi connectivity index (χ1) is 15.6. The number of likely N-dealkylation sites (N-methyl/N-ethyl adjacent to an activating group) is 2. The van der Waals surface area contributed by atoms with Crippen molar-refractivity contribution in [3.05, 3.63) is 29.8 Å². The third-order valence-corrected chi connectivity index (χ3v) is 5.32. The second-order valence-corrected chi connectivity index (χ2v) is 9.88. The zero-order chi connectivity index (χ0) is 27.7. The third kappa shape index (κ3) is 15.9. The van der Waals surface area contributed by atoms with Crippen molar-refractivity contribution in [1.29, 1.82) is 0 Å². The van der Waals surface area contributed by atoms with Gasteiger partial charge in [0.15, 0.2) is 20.2 Å². The van der Waals surface area contributed by atoms with E-state index in [4.69, 9.17) is 25.9 Å². The first-order valence-corrected chi connectivity index (χ1v) is 12.2. The van der Waals surface area contributed by atoms with E-state index in [1.54, 1.807) is 6.07 Å². The minimum atomic E-state index is -6.09. The maximum Gasteiger partial charge on any atom is 5.00 e. The average Bonchev–Trinajstić information content (AvgIpc) is 2.73. The molecule has 1 saturated heterocycles. The Kier molecular flexibility index (Phi) is 15.8. The van der Waals surface area contributed by atoms with Crippen LogP contribution in [0, 0.1) is 5.95 Å². The fourth-order valence-corrected chi connectivity index (χ4v) is 2.23. The molecule has 1 aliphatic heterocycles. The summed E-state index contributed by atoms with van der Waals surface area (Å²) in [5.41, 5.74) is -10.5. The maximum absolute atomic E-state index is 13.1. The standard InChI is InChI=1S/C14H23FN4.2CHF3O3S.Fe/c1-17-6-7-18(2)9-11-19(10-8-17)12-13-4-3-5-14(15)16-13;2*2-1(3,4)8(5,6)7;/h3-5H,6-12H2,1-2H3;2*(H,5,6,7);/q;;;+5/p-2. The van der Waals surface area contributed by atoms with Gasteiger partial charge in [-0.1, -0.05) is 6.07 Å². The Balaban J connectivity index is 0. The van der Waals surface area contributed by atoms with Crippen LogP contribution >= 0.6 is 0 Å². The molecule has 1 aliphatic rings. The summed E-state index contributed by atoms with van der Waals surface area (Å²) in [5, 5.41) is 0. The van der Waals surface area contributed by atoms with Gasteiger partial charge in [0.1, 0.15) is 0 Å². The molecule has 20 heteroatoms. The van der Waals surface area contributed by atoms with E-state index in [2.05, 4.69) is 33.8 Å². The van der Waals surface area contributed by atoms with Gasteiger partial charge in [0.25, 0.3) is 0 Å². The Hall–Kier alpha value is -1.12. The van der Waals surface area contributed by atoms with Gasteiger partial charge in [0.2, 0.25) is 5.95 Å². The molecule has 209 valence electrons. The summed E-state index contributed by atoms with van der Waals surface area (Å²) < 4.78 is 131. The van der Waals surface area contributed by atoms with Gasteiger partial charge < -0.3 is 18.9 Å². The van der Waals surface area contributed by atoms with Crippen molar-refractivity contribution in [2.45, 2.75) is 17.6 Å². The molecular formula is C16H23F7FeN4O6S2+3. The first kappa shape index (κ1) is 37.0. The summed E-state index contributed by atoms with van der Waals surface area (Å²) in [5.74, 6) is -0.393. The molecule has 0 N–H and O–H groups in total. The molecule has 2 heterocycles. The molecular weight excluding hydrogens is 597 g/mol. The van der Waals surface area contributed by atoms with E-state index in [0.717, 1.165) is 51.5 Å². The van der Waals surface area contributed by atoms with Crippen molar-refractivity contribution in [3.8, 4) is 0 Å². The molecule has 10 nitrogen and oxygen atoms in total. The number of aromatic nitrogens is 1. The molecule has 0 saturated carbocycles. The van der Waals surface area contributed by atoms with Crippen molar-refractivity contribution in [3.63, 3.8) is 0 Å². The molecule has 0 aliphatic carbocycles. The molecule has 2 rings (SSSR count). The van der Waals surface area contributed by atoms with Crippen LogP contribution in [0.5, 0.6) is 0 Å². The van der Waals surface area contributed by atoms with Crippen molar-refractivity contribution < 1.29 is 73.7 Å². The van der Waals surface area contributed by atoms with Crippen molar-refractivity contribution in [1.82, 2.24) is 19.7 Å². The molecule has 0 aromatic carbocycles. The summed E-state index contributed by atoms with van der Waals surface area (Å²) in [6.45, 7) is 7.02. The van der Waals surface area contributed by atoms with Crippen LogP contribution in [0.2, 0.25) is 0 Å². The van der Waals surface area contributed by atoms with Crippen LogP contribution in [0.25, 0.3) is 0 Å². The van der Waals surface area contributed by atoms with E-state index in [-0.39, 0.29) is 17.1 Å². The predicted molar refractivity (Wildman–Crippen MR) is 106 cm³/mol. The molecule has 0 spiro atoms. The molecule has 36 heavy (non-hydrogen) atoms. The molecule has 1 radical (unpaired) electrons. The van der Waals surface area contributed by atoms with E-state index in [1.165, 1.54) is 6.07 Å². The quantitative estimate of drug-likeness (QED) is 0.155. The van der Waals surface area contributed by atoms with E-state index in [0.29, 0.717) is 0 Å². The monoisotopic (exact) mass is 620 g/mol. The van der Waals surface area contributed by atoms with Crippen LogP contribution < -0.4 is 0 Å². The Morgan fingerprint density at radius 2 is 1.14 bits per heavy atom. The number of rotatable bonds is 2. The Morgan fingerprint density at radius 3 is 1.44 bits per heavy atom. The van der Waals surface area contributed by atoms with Crippen LogP contribution in [0.4, 0.5) is 30.7 Å². The van der Waals surface area contributed by atoms with Crippen molar-refractivity contribution >= 4 is 20.2 Å². The normalized spacial score (nSPS) is 17.2. The van der Waals surface area contributed by atoms with Crippen LogP contribution in [0.3, 0.4) is 0 Å². The average molecular weight is 620 g/mol. The largest absolute Gasteiger partial charge is 5.00 e. The number of halogens is 7. The SMILES string of the molecule is CN1CCN(C)CCN(Cc2cccc(F)n2)CC1.O=S(=O)([O-])C(F)(F)F.O=S(=O)([O-])C(F)(F)F.[Fe+5]. The fourth-order valence-electron chi connectivity index (χ4n) is 2.23. The van der Waals surface area contributed by atoms with Crippen molar-refractivity contribution in [2.75, 3.05) is 53.4 Å². The fraction of sp³-hybridized carbons (Fsp3) is 0.688. The zero-order valence-electron chi connectivity index (χ0n) is 18.7. The number of pyridine rings is 1. The molecule has 1 aromatic rings. The number of hydrogen-bond acceptors (Lipinski definition) is 10. The predicted octanol–water partition coefficient (Wildman–Crippen LogP) is 1.00. The second kappa shape index (κ2) is 15.3. The summed E-state index contributed by atoms with van der Waals surface area (Å²) in [4.78, 5) is 11.0. The molecule has 0 unspecified atom stereocenters. The van der Waals surface area contributed by atoms with E-state index < -0.39 is 37.2 Å². The Morgan fingerprint density at radius 1 is 0.806 bits per heavy atom. The van der Waals surface area contributed by atoms with E-state index in [1.807, 2.05) is 6.07 Å². The van der Waals surface area contributed by atoms with Crippen LogP contribution in [0.15, 0.2) is 18.2 Å². The van der Waals surface area contributed by atoms with Gasteiger partial charge in [-0.05, 0) is 26.2 Å². The minimum Gasteiger partial charge on any atom is -0.741 e. The number of hydrogen-bond donors (Lipinski definition) is 0. The topological polar surface area (TPSA) is 137 Å². The van der Waals surface area contributed by atoms with Crippen LogP contribution in [-0.4, -0.2) is 110 Å². The summed E-state index contributed by atoms with van der Waals surface area (Å²) in [6, 6.07) is 5.01. The van der Waals surface area contributed by atoms with E-state index in [9.17, 15) is 30.7 Å². The zero-order valence-corrected chi connectivity index (χ0v) is 21.5. The summed E-state index contributed by atoms with van der Waals surface area (Å²) in [7, 11) is -7.88. The van der Waals surface area contributed by atoms with Gasteiger partial charge in [-0.2, -0.15) is 30.7 Å². The van der Waals surface area contributed by atoms with Gasteiger partial charge in [-0.25, -0.2) is 21.8 Å². The van der Waals surface area contributed by atoms with Crippen LogP contribution in [0.1, 0.15) is 5.69 Å². The van der Waals surface area contributed by atoms with Gasteiger partial charge in [0, 0.05) is 45.8 Å². The summed E-state index contributed by atoms with van der Waals surface area (Å²) in [6.07, 6.45) is 0. The molecule has 0 bridgehead atoms. The summed E-state index contributed by atoms with van der Waals surface area (Å²) >= 11 is 0. The Labute approximate surface area is 214 Å². The third-order valence-electron chi connectivity index (χ3n) is 4.18. The second-order valence-electron chi connectivity index (χ2n) is 7.13. The number of alkyl halides is 6. The van der Waals surface area contributed by atoms with Gasteiger partial charge >= 0.3 is 28.1 Å². The molecule has 0 amide bonds. The first-order valence-electron chi connectivity index (χ1n) is 9.38. The van der Waals surface area contributed by atoms with Gasteiger partial charge in [-0.15, -0.1) is 0 Å². The minimum absolute atomic E-state index is 0. The van der Waals surface area contributed by atoms with Gasteiger partial charge in [-0.3, -0.25) is 4.90 Å². The maximum atomic E-state index is 13.1. The van der Waals surface area contributed by atoms with Crippen molar-refractivity contribution in [2.24, 2.45) is 0 Å². The number of nitrogens with zero attached hydrogens (tertiary/aromatic N) is 4. The Bertz CT molecular complexity index is 941. The van der Waals surface area contributed by atoms with Gasteiger partial charge in [0.05, 0.1) is 5.69 Å². The molecule has 1 aromatic heterocycles. The molecule has 1 fully saturated rings. The van der Waals surface area contributed by atoms with E-state index >= 15 is 0 Å².